The number of H-pyrrole nitrogens is 1. The van der Waals surface area contributed by atoms with Crippen LogP contribution in [0.2, 0.25) is 0 Å². The number of para-hydroxylation sites is 2. The molecule has 3 heteroatoms. The number of fused-ring (bicyclic) bond motifs is 1. The summed E-state index contributed by atoms with van der Waals surface area (Å²) in [7, 11) is 0. The normalized spacial score (nSPS) is 10.6. The van der Waals surface area contributed by atoms with E-state index in [0.29, 0.717) is 6.61 Å². The van der Waals surface area contributed by atoms with Gasteiger partial charge in [-0.2, -0.15) is 0 Å². The quantitative estimate of drug-likeness (QED) is 0.741. The number of hydrogen-bond donors (Lipinski definition) is 1. The van der Waals surface area contributed by atoms with Crippen molar-refractivity contribution in [2.24, 2.45) is 0 Å². The zero-order valence-corrected chi connectivity index (χ0v) is 9.18. The lowest BCUT2D eigenvalue weighted by molar-refractivity contribution is 0.297. The second-order valence-corrected chi connectivity index (χ2v) is 3.73. The highest BCUT2D eigenvalue weighted by Gasteiger charge is 2.02. The summed E-state index contributed by atoms with van der Waals surface area (Å²) in [4.78, 5) is 7.66. The van der Waals surface area contributed by atoms with Crippen LogP contribution in [0.3, 0.4) is 0 Å². The molecule has 3 aromatic rings. The molecule has 0 spiro atoms. The summed E-state index contributed by atoms with van der Waals surface area (Å²) in [6.45, 7) is 0.443. The zero-order chi connectivity index (χ0) is 11.5. The SMILES string of the molecule is [c]1ccc(OCc2nc3ccccc3[nH]2)cc1. The molecule has 17 heavy (non-hydrogen) atoms. The molecule has 0 aliphatic heterocycles. The third-order valence-corrected chi connectivity index (χ3v) is 2.50. The van der Waals surface area contributed by atoms with Gasteiger partial charge in [0.25, 0.3) is 0 Å². The van der Waals surface area contributed by atoms with Gasteiger partial charge < -0.3 is 9.72 Å². The first-order chi connectivity index (χ1) is 8.42. The van der Waals surface area contributed by atoms with E-state index in [1.165, 1.54) is 0 Å². The minimum absolute atomic E-state index is 0.443. The first-order valence-corrected chi connectivity index (χ1v) is 5.44. The van der Waals surface area contributed by atoms with Gasteiger partial charge in [0.2, 0.25) is 0 Å². The van der Waals surface area contributed by atoms with Crippen LogP contribution in [0.15, 0.2) is 48.5 Å². The maximum absolute atomic E-state index is 5.61. The summed E-state index contributed by atoms with van der Waals surface area (Å²) in [6, 6.07) is 18.3. The van der Waals surface area contributed by atoms with E-state index in [2.05, 4.69) is 16.0 Å². The molecule has 3 nitrogen and oxygen atoms in total. The predicted octanol–water partition coefficient (Wildman–Crippen LogP) is 2.94. The Morgan fingerprint density at radius 3 is 2.76 bits per heavy atom. The van der Waals surface area contributed by atoms with Gasteiger partial charge in [0.15, 0.2) is 0 Å². The Labute approximate surface area is 99.1 Å². The molecule has 0 amide bonds. The maximum Gasteiger partial charge on any atom is 0.146 e. The Morgan fingerprint density at radius 1 is 1.12 bits per heavy atom. The van der Waals surface area contributed by atoms with E-state index in [4.69, 9.17) is 4.74 Å². The molecule has 83 valence electrons. The van der Waals surface area contributed by atoms with Crippen molar-refractivity contribution in [3.63, 3.8) is 0 Å². The smallest absolute Gasteiger partial charge is 0.146 e. The molecule has 0 saturated heterocycles. The summed E-state index contributed by atoms with van der Waals surface area (Å²) in [5.41, 5.74) is 2.00. The molecule has 1 N–H and O–H groups in total. The number of aromatic amines is 1. The van der Waals surface area contributed by atoms with E-state index >= 15 is 0 Å². The Morgan fingerprint density at radius 2 is 1.94 bits per heavy atom. The molecule has 0 unspecified atom stereocenters. The molecule has 3 rings (SSSR count). The van der Waals surface area contributed by atoms with E-state index in [9.17, 15) is 0 Å². The van der Waals surface area contributed by atoms with Crippen molar-refractivity contribution in [3.05, 3.63) is 60.4 Å². The average Bonchev–Trinajstić information content (AvgIpc) is 2.80. The molecule has 0 aliphatic rings. The van der Waals surface area contributed by atoms with Crippen molar-refractivity contribution in [1.29, 1.82) is 0 Å². The molecule has 2 aromatic carbocycles. The van der Waals surface area contributed by atoms with Gasteiger partial charge in [0, 0.05) is 0 Å². The largest absolute Gasteiger partial charge is 0.486 e. The van der Waals surface area contributed by atoms with E-state index in [0.717, 1.165) is 22.6 Å². The number of hydrogen-bond acceptors (Lipinski definition) is 2. The minimum Gasteiger partial charge on any atom is -0.486 e. The number of ether oxygens (including phenoxy) is 1. The van der Waals surface area contributed by atoms with Gasteiger partial charge in [0.1, 0.15) is 18.2 Å². The molecular formula is C14H11N2O. The Bertz CT molecular complexity index is 583. The fourth-order valence-corrected chi connectivity index (χ4v) is 1.69. The highest BCUT2D eigenvalue weighted by molar-refractivity contribution is 5.74. The van der Waals surface area contributed by atoms with Crippen molar-refractivity contribution in [3.8, 4) is 5.75 Å². The molecule has 0 fully saturated rings. The number of nitrogens with one attached hydrogen (secondary N) is 1. The lowest BCUT2D eigenvalue weighted by Gasteiger charge is -2.02. The van der Waals surface area contributed by atoms with Crippen LogP contribution in [0.4, 0.5) is 0 Å². The lowest BCUT2D eigenvalue weighted by Crippen LogP contribution is -1.96. The monoisotopic (exact) mass is 223 g/mol. The number of nitrogens with zero attached hydrogens (tertiary/aromatic N) is 1. The summed E-state index contributed by atoms with van der Waals surface area (Å²) >= 11 is 0. The van der Waals surface area contributed by atoms with Gasteiger partial charge >= 0.3 is 0 Å². The van der Waals surface area contributed by atoms with Gasteiger partial charge in [-0.3, -0.25) is 0 Å². The van der Waals surface area contributed by atoms with Crippen LogP contribution in [-0.2, 0) is 6.61 Å². The number of aromatic nitrogens is 2. The van der Waals surface area contributed by atoms with Gasteiger partial charge in [0.05, 0.1) is 11.0 Å². The highest BCUT2D eigenvalue weighted by atomic mass is 16.5. The molecule has 1 aromatic heterocycles. The first kappa shape index (κ1) is 9.90. The zero-order valence-electron chi connectivity index (χ0n) is 9.18. The molecule has 0 bridgehead atoms. The Balaban J connectivity index is 1.77. The standard InChI is InChI=1S/C14H11N2O/c1-2-6-11(7-3-1)17-10-14-15-12-8-4-5-9-13(12)16-14/h2-9H,10H2,(H,15,16). The summed E-state index contributed by atoms with van der Waals surface area (Å²) in [6.07, 6.45) is 0. The van der Waals surface area contributed by atoms with Crippen molar-refractivity contribution < 1.29 is 4.74 Å². The van der Waals surface area contributed by atoms with E-state index in [1.807, 2.05) is 48.5 Å². The number of benzene rings is 2. The summed E-state index contributed by atoms with van der Waals surface area (Å²) in [5, 5.41) is 0. The fourth-order valence-electron chi connectivity index (χ4n) is 1.69. The first-order valence-electron chi connectivity index (χ1n) is 5.44. The molecule has 0 aliphatic carbocycles. The van der Waals surface area contributed by atoms with Gasteiger partial charge in [-0.1, -0.05) is 24.3 Å². The molecule has 0 saturated carbocycles. The molecule has 1 heterocycles. The number of imidazole rings is 1. The van der Waals surface area contributed by atoms with Crippen LogP contribution in [-0.4, -0.2) is 9.97 Å². The second-order valence-electron chi connectivity index (χ2n) is 3.73. The molecular weight excluding hydrogens is 212 g/mol. The van der Waals surface area contributed by atoms with Crippen LogP contribution in [0, 0.1) is 6.07 Å². The second kappa shape index (κ2) is 4.29. The van der Waals surface area contributed by atoms with E-state index in [-0.39, 0.29) is 0 Å². The van der Waals surface area contributed by atoms with E-state index in [1.54, 1.807) is 0 Å². The predicted molar refractivity (Wildman–Crippen MR) is 65.7 cm³/mol. The van der Waals surface area contributed by atoms with Crippen LogP contribution >= 0.6 is 0 Å². The topological polar surface area (TPSA) is 37.9 Å². The Kier molecular flexibility index (Phi) is 2.50. The Hall–Kier alpha value is -2.29. The van der Waals surface area contributed by atoms with Gasteiger partial charge in [-0.15, -0.1) is 0 Å². The van der Waals surface area contributed by atoms with Crippen molar-refractivity contribution in [2.45, 2.75) is 6.61 Å². The number of rotatable bonds is 3. The van der Waals surface area contributed by atoms with Crippen LogP contribution in [0.1, 0.15) is 5.82 Å². The van der Waals surface area contributed by atoms with Crippen LogP contribution in [0.5, 0.6) is 5.75 Å². The molecule has 1 radical (unpaired) electrons. The van der Waals surface area contributed by atoms with Crippen molar-refractivity contribution >= 4 is 11.0 Å². The molecule has 0 atom stereocenters. The van der Waals surface area contributed by atoms with Crippen LogP contribution < -0.4 is 4.74 Å². The van der Waals surface area contributed by atoms with Crippen molar-refractivity contribution in [2.75, 3.05) is 0 Å². The van der Waals surface area contributed by atoms with Gasteiger partial charge in [-0.05, 0) is 30.3 Å². The van der Waals surface area contributed by atoms with Gasteiger partial charge in [-0.25, -0.2) is 4.98 Å². The fraction of sp³-hybridized carbons (Fsp3) is 0.0714. The highest BCUT2D eigenvalue weighted by Crippen LogP contribution is 2.13. The summed E-state index contributed by atoms with van der Waals surface area (Å²) in [5.74, 6) is 1.66. The average molecular weight is 223 g/mol. The van der Waals surface area contributed by atoms with E-state index < -0.39 is 0 Å². The lowest BCUT2D eigenvalue weighted by atomic mass is 10.3. The third kappa shape index (κ3) is 2.13. The maximum atomic E-state index is 5.61. The summed E-state index contributed by atoms with van der Waals surface area (Å²) < 4.78 is 5.61. The minimum atomic E-state index is 0.443. The van der Waals surface area contributed by atoms with Crippen molar-refractivity contribution in [1.82, 2.24) is 9.97 Å². The van der Waals surface area contributed by atoms with Crippen LogP contribution in [0.25, 0.3) is 11.0 Å². The third-order valence-electron chi connectivity index (χ3n) is 2.50.